The molecule has 1 fully saturated rings. The van der Waals surface area contributed by atoms with E-state index in [-0.39, 0.29) is 29.6 Å². The summed E-state index contributed by atoms with van der Waals surface area (Å²) in [6, 6.07) is 12.1. The molecular formula is C21H24N4O4. The Kier molecular flexibility index (Phi) is 6.78. The third kappa shape index (κ3) is 5.54. The lowest BCUT2D eigenvalue weighted by Gasteiger charge is -2.31. The summed E-state index contributed by atoms with van der Waals surface area (Å²) in [5.74, 6) is -0.649. The van der Waals surface area contributed by atoms with Crippen LogP contribution in [-0.2, 0) is 4.74 Å². The minimum atomic E-state index is -0.381. The van der Waals surface area contributed by atoms with Gasteiger partial charge in [-0.2, -0.15) is 0 Å². The first kappa shape index (κ1) is 20.3. The molecule has 8 heteroatoms. The van der Waals surface area contributed by atoms with E-state index < -0.39 is 0 Å². The molecule has 1 aliphatic rings. The van der Waals surface area contributed by atoms with Gasteiger partial charge in [-0.1, -0.05) is 18.2 Å². The Morgan fingerprint density at radius 2 is 1.83 bits per heavy atom. The van der Waals surface area contributed by atoms with Crippen LogP contribution in [0.5, 0.6) is 0 Å². The van der Waals surface area contributed by atoms with Crippen molar-refractivity contribution < 1.29 is 19.1 Å². The second kappa shape index (κ2) is 9.68. The highest BCUT2D eigenvalue weighted by molar-refractivity contribution is 6.04. The third-order valence-electron chi connectivity index (χ3n) is 4.64. The van der Waals surface area contributed by atoms with Crippen LogP contribution >= 0.6 is 0 Å². The van der Waals surface area contributed by atoms with E-state index in [4.69, 9.17) is 4.74 Å². The molecule has 152 valence electrons. The molecule has 0 unspecified atom stereocenters. The Morgan fingerprint density at radius 3 is 2.52 bits per heavy atom. The first-order valence-corrected chi connectivity index (χ1v) is 9.62. The number of hydrogen-bond acceptors (Lipinski definition) is 5. The van der Waals surface area contributed by atoms with Gasteiger partial charge in [-0.25, -0.2) is 4.79 Å². The molecule has 2 heterocycles. The van der Waals surface area contributed by atoms with Crippen molar-refractivity contribution in [3.63, 3.8) is 0 Å². The van der Waals surface area contributed by atoms with E-state index >= 15 is 0 Å². The molecule has 1 aromatic heterocycles. The van der Waals surface area contributed by atoms with Gasteiger partial charge in [0, 0.05) is 36.6 Å². The second-order valence-electron chi connectivity index (χ2n) is 6.68. The van der Waals surface area contributed by atoms with Gasteiger partial charge >= 0.3 is 6.09 Å². The first-order valence-electron chi connectivity index (χ1n) is 9.62. The van der Waals surface area contributed by atoms with E-state index in [0.717, 1.165) is 0 Å². The maximum atomic E-state index is 12.6. The predicted octanol–water partition coefficient (Wildman–Crippen LogP) is 2.68. The number of ether oxygens (including phenoxy) is 1. The number of likely N-dealkylation sites (tertiary alicyclic amines) is 1. The summed E-state index contributed by atoms with van der Waals surface area (Å²) < 4.78 is 5.00. The molecule has 0 atom stereocenters. The molecule has 0 radical (unpaired) electrons. The quantitative estimate of drug-likeness (QED) is 0.809. The van der Waals surface area contributed by atoms with Crippen LogP contribution in [0.3, 0.4) is 0 Å². The summed E-state index contributed by atoms with van der Waals surface area (Å²) in [5, 5.41) is 5.71. The lowest BCUT2D eigenvalue weighted by Crippen LogP contribution is -2.46. The maximum absolute atomic E-state index is 12.6. The SMILES string of the molecule is CCOC(=O)N1CCC(NC(=O)c2ccnc(C(=O)Nc3ccccc3)c2)CC1. The summed E-state index contributed by atoms with van der Waals surface area (Å²) >= 11 is 0. The molecule has 0 aliphatic carbocycles. The summed E-state index contributed by atoms with van der Waals surface area (Å²) in [4.78, 5) is 42.4. The second-order valence-corrected chi connectivity index (χ2v) is 6.68. The summed E-state index contributed by atoms with van der Waals surface area (Å²) in [6.45, 7) is 3.18. The van der Waals surface area contributed by atoms with E-state index in [1.807, 2.05) is 18.2 Å². The lowest BCUT2D eigenvalue weighted by molar-refractivity contribution is 0.0860. The van der Waals surface area contributed by atoms with Gasteiger partial charge in [0.1, 0.15) is 5.69 Å². The topological polar surface area (TPSA) is 101 Å². The van der Waals surface area contributed by atoms with E-state index in [2.05, 4.69) is 15.6 Å². The monoisotopic (exact) mass is 396 g/mol. The van der Waals surface area contributed by atoms with Crippen molar-refractivity contribution in [1.82, 2.24) is 15.2 Å². The molecule has 29 heavy (non-hydrogen) atoms. The van der Waals surface area contributed by atoms with Crippen molar-refractivity contribution in [1.29, 1.82) is 0 Å². The lowest BCUT2D eigenvalue weighted by atomic mass is 10.0. The van der Waals surface area contributed by atoms with Crippen LogP contribution in [0.25, 0.3) is 0 Å². The number of carbonyl (C=O) groups excluding carboxylic acids is 3. The zero-order valence-electron chi connectivity index (χ0n) is 16.3. The summed E-state index contributed by atoms with van der Waals surface area (Å²) in [7, 11) is 0. The number of nitrogens with one attached hydrogen (secondary N) is 2. The number of anilines is 1. The number of amides is 3. The summed E-state index contributed by atoms with van der Waals surface area (Å²) in [6.07, 6.45) is 2.42. The van der Waals surface area contributed by atoms with Gasteiger partial charge in [-0.15, -0.1) is 0 Å². The Balaban J connectivity index is 1.56. The van der Waals surface area contributed by atoms with Gasteiger partial charge in [0.05, 0.1) is 6.61 Å². The fourth-order valence-electron chi connectivity index (χ4n) is 3.10. The molecule has 2 N–H and O–H groups in total. The zero-order valence-corrected chi connectivity index (χ0v) is 16.3. The molecule has 2 aromatic rings. The molecule has 0 saturated carbocycles. The normalized spacial score (nSPS) is 14.2. The van der Waals surface area contributed by atoms with Crippen LogP contribution in [-0.4, -0.2) is 53.5 Å². The van der Waals surface area contributed by atoms with Crippen LogP contribution in [0.1, 0.15) is 40.6 Å². The van der Waals surface area contributed by atoms with Crippen molar-refractivity contribution in [2.24, 2.45) is 0 Å². The van der Waals surface area contributed by atoms with Gasteiger partial charge in [0.25, 0.3) is 11.8 Å². The minimum Gasteiger partial charge on any atom is -0.450 e. The van der Waals surface area contributed by atoms with Gasteiger partial charge in [-0.05, 0) is 44.0 Å². The fraction of sp³-hybridized carbons (Fsp3) is 0.333. The van der Waals surface area contributed by atoms with E-state index in [9.17, 15) is 14.4 Å². The van der Waals surface area contributed by atoms with Crippen molar-refractivity contribution in [2.45, 2.75) is 25.8 Å². The largest absolute Gasteiger partial charge is 0.450 e. The van der Waals surface area contributed by atoms with Crippen LogP contribution in [0.2, 0.25) is 0 Å². The van der Waals surface area contributed by atoms with E-state index in [0.29, 0.717) is 43.8 Å². The fourth-order valence-corrected chi connectivity index (χ4v) is 3.10. The highest BCUT2D eigenvalue weighted by Gasteiger charge is 2.25. The predicted molar refractivity (Wildman–Crippen MR) is 108 cm³/mol. The zero-order chi connectivity index (χ0) is 20.6. The Labute approximate surface area is 169 Å². The minimum absolute atomic E-state index is 0.0389. The van der Waals surface area contributed by atoms with Crippen LogP contribution in [0.15, 0.2) is 48.7 Å². The Morgan fingerprint density at radius 1 is 1.10 bits per heavy atom. The Bertz CT molecular complexity index is 864. The average molecular weight is 396 g/mol. The smallest absolute Gasteiger partial charge is 0.409 e. The number of nitrogens with zero attached hydrogens (tertiary/aromatic N) is 2. The number of carbonyl (C=O) groups is 3. The molecule has 1 aliphatic heterocycles. The van der Waals surface area contributed by atoms with Crippen LogP contribution in [0.4, 0.5) is 10.5 Å². The highest BCUT2D eigenvalue weighted by Crippen LogP contribution is 2.13. The highest BCUT2D eigenvalue weighted by atomic mass is 16.6. The number of piperidine rings is 1. The maximum Gasteiger partial charge on any atom is 0.409 e. The van der Waals surface area contributed by atoms with Gasteiger partial charge in [0.2, 0.25) is 0 Å². The number of aromatic nitrogens is 1. The molecular weight excluding hydrogens is 372 g/mol. The van der Waals surface area contributed by atoms with Crippen molar-refractivity contribution in [3.8, 4) is 0 Å². The number of rotatable bonds is 5. The van der Waals surface area contributed by atoms with Crippen molar-refractivity contribution in [2.75, 3.05) is 25.0 Å². The van der Waals surface area contributed by atoms with Crippen LogP contribution in [0, 0.1) is 0 Å². The molecule has 1 aromatic carbocycles. The van der Waals surface area contributed by atoms with Gasteiger partial charge < -0.3 is 20.3 Å². The standard InChI is InChI=1S/C21H24N4O4/c1-2-29-21(28)25-12-9-17(10-13-25)23-19(26)15-8-11-22-18(14-15)20(27)24-16-6-4-3-5-7-16/h3-8,11,14,17H,2,9-10,12-13H2,1H3,(H,23,26)(H,24,27). The third-order valence-corrected chi connectivity index (χ3v) is 4.64. The number of hydrogen-bond donors (Lipinski definition) is 2. The molecule has 3 rings (SSSR count). The number of benzene rings is 1. The molecule has 0 bridgehead atoms. The van der Waals surface area contributed by atoms with Crippen molar-refractivity contribution >= 4 is 23.6 Å². The Hall–Kier alpha value is -3.42. The number of para-hydroxylation sites is 1. The van der Waals surface area contributed by atoms with Crippen LogP contribution < -0.4 is 10.6 Å². The number of pyridine rings is 1. The molecule has 8 nitrogen and oxygen atoms in total. The average Bonchev–Trinajstić information content (AvgIpc) is 2.75. The molecule has 3 amide bonds. The van der Waals surface area contributed by atoms with Gasteiger partial charge in [-0.3, -0.25) is 14.6 Å². The van der Waals surface area contributed by atoms with Gasteiger partial charge in [0.15, 0.2) is 0 Å². The van der Waals surface area contributed by atoms with Crippen molar-refractivity contribution in [3.05, 3.63) is 59.9 Å². The van der Waals surface area contributed by atoms with E-state index in [1.54, 1.807) is 30.0 Å². The first-order chi connectivity index (χ1) is 14.1. The molecule has 0 spiro atoms. The molecule has 1 saturated heterocycles. The summed E-state index contributed by atoms with van der Waals surface area (Å²) in [5.41, 5.74) is 1.19. The van der Waals surface area contributed by atoms with E-state index in [1.165, 1.54) is 12.3 Å².